The average molecular weight is 233 g/mol. The molecule has 1 N–H and O–H groups in total. The van der Waals surface area contributed by atoms with E-state index in [2.05, 4.69) is 43.4 Å². The fourth-order valence-corrected chi connectivity index (χ4v) is 1.93. The van der Waals surface area contributed by atoms with E-state index in [0.717, 1.165) is 19.8 Å². The number of nitrogens with one attached hydrogen (secondary N) is 1. The minimum absolute atomic E-state index is 0.430. The molecule has 2 rings (SSSR count). The van der Waals surface area contributed by atoms with Crippen LogP contribution in [0.2, 0.25) is 0 Å². The van der Waals surface area contributed by atoms with Crippen LogP contribution in [0.1, 0.15) is 32.3 Å². The maximum atomic E-state index is 5.84. The van der Waals surface area contributed by atoms with Crippen LogP contribution < -0.4 is 5.32 Å². The molecule has 2 nitrogen and oxygen atoms in total. The molecular weight excluding hydrogens is 210 g/mol. The first-order chi connectivity index (χ1) is 8.20. The molecule has 0 aromatic heterocycles. The van der Waals surface area contributed by atoms with Gasteiger partial charge in [-0.3, -0.25) is 0 Å². The average Bonchev–Trinajstić information content (AvgIpc) is 3.09. The Morgan fingerprint density at radius 2 is 1.94 bits per heavy atom. The summed E-state index contributed by atoms with van der Waals surface area (Å²) in [7, 11) is 0. The van der Waals surface area contributed by atoms with Gasteiger partial charge in [-0.25, -0.2) is 0 Å². The Morgan fingerprint density at radius 1 is 1.24 bits per heavy atom. The van der Waals surface area contributed by atoms with E-state index in [0.29, 0.717) is 11.5 Å². The molecule has 94 valence electrons. The van der Waals surface area contributed by atoms with Gasteiger partial charge in [-0.15, -0.1) is 0 Å². The molecule has 0 spiro atoms. The Morgan fingerprint density at radius 3 is 2.53 bits per heavy atom. The van der Waals surface area contributed by atoms with Crippen molar-refractivity contribution in [2.24, 2.45) is 5.41 Å². The summed E-state index contributed by atoms with van der Waals surface area (Å²) in [6, 6.07) is 11.0. The third-order valence-corrected chi connectivity index (χ3v) is 3.36. The van der Waals surface area contributed by atoms with Crippen LogP contribution >= 0.6 is 0 Å². The smallest absolute Gasteiger partial charge is 0.0717 e. The van der Waals surface area contributed by atoms with Crippen LogP contribution in [-0.2, 0) is 11.3 Å². The summed E-state index contributed by atoms with van der Waals surface area (Å²) in [5, 5.41) is 3.52. The Labute approximate surface area is 104 Å². The Hall–Kier alpha value is -0.860. The van der Waals surface area contributed by atoms with Gasteiger partial charge in [-0.05, 0) is 18.4 Å². The van der Waals surface area contributed by atoms with Crippen molar-refractivity contribution >= 4 is 0 Å². The summed E-state index contributed by atoms with van der Waals surface area (Å²) in [6.45, 7) is 7.12. The van der Waals surface area contributed by atoms with E-state index in [4.69, 9.17) is 4.74 Å². The molecule has 0 atom stereocenters. The second-order valence-corrected chi connectivity index (χ2v) is 5.51. The van der Waals surface area contributed by atoms with Crippen molar-refractivity contribution in [2.75, 3.05) is 13.2 Å². The van der Waals surface area contributed by atoms with Crippen molar-refractivity contribution in [3.8, 4) is 0 Å². The Balaban J connectivity index is 1.68. The van der Waals surface area contributed by atoms with Gasteiger partial charge < -0.3 is 10.1 Å². The highest BCUT2D eigenvalue weighted by atomic mass is 16.5. The lowest BCUT2D eigenvalue weighted by Crippen LogP contribution is -2.32. The minimum Gasteiger partial charge on any atom is -0.376 e. The van der Waals surface area contributed by atoms with Crippen molar-refractivity contribution in [2.45, 2.75) is 39.3 Å². The molecule has 17 heavy (non-hydrogen) atoms. The number of ether oxygens (including phenoxy) is 1. The van der Waals surface area contributed by atoms with Crippen LogP contribution in [0, 0.1) is 5.41 Å². The van der Waals surface area contributed by atoms with E-state index >= 15 is 0 Å². The number of hydrogen-bond acceptors (Lipinski definition) is 2. The van der Waals surface area contributed by atoms with Crippen LogP contribution in [0.25, 0.3) is 0 Å². The molecule has 0 unspecified atom stereocenters. The van der Waals surface area contributed by atoms with Gasteiger partial charge in [0.15, 0.2) is 0 Å². The highest BCUT2D eigenvalue weighted by Crippen LogP contribution is 2.45. The van der Waals surface area contributed by atoms with E-state index in [9.17, 15) is 0 Å². The molecule has 0 radical (unpaired) electrons. The third kappa shape index (κ3) is 4.14. The molecule has 0 heterocycles. The standard InChI is InChI=1S/C15H23NO/c1-13(2)16-11-15(8-9-15)12-17-10-14-6-4-3-5-7-14/h3-7,13,16H,8-12H2,1-2H3. The number of hydrogen-bond donors (Lipinski definition) is 1. The molecule has 2 heteroatoms. The van der Waals surface area contributed by atoms with Crippen LogP contribution in [0.4, 0.5) is 0 Å². The number of benzene rings is 1. The molecule has 1 aromatic rings. The summed E-state index contributed by atoms with van der Waals surface area (Å²) in [5.74, 6) is 0. The van der Waals surface area contributed by atoms with Crippen molar-refractivity contribution < 1.29 is 4.74 Å². The molecule has 0 bridgehead atoms. The highest BCUT2D eigenvalue weighted by Gasteiger charge is 2.42. The van der Waals surface area contributed by atoms with E-state index in [-0.39, 0.29) is 0 Å². The van der Waals surface area contributed by atoms with Gasteiger partial charge in [-0.2, -0.15) is 0 Å². The van der Waals surface area contributed by atoms with E-state index in [1.54, 1.807) is 0 Å². The Bertz CT molecular complexity index is 330. The Kier molecular flexibility index (Phi) is 4.19. The van der Waals surface area contributed by atoms with Crippen LogP contribution in [0.3, 0.4) is 0 Å². The van der Waals surface area contributed by atoms with Crippen LogP contribution in [0.15, 0.2) is 30.3 Å². The molecule has 1 aromatic carbocycles. The zero-order chi connectivity index (χ0) is 12.1. The lowest BCUT2D eigenvalue weighted by Gasteiger charge is -2.18. The van der Waals surface area contributed by atoms with Crippen molar-refractivity contribution in [1.82, 2.24) is 5.32 Å². The summed E-state index contributed by atoms with van der Waals surface area (Å²) in [5.41, 5.74) is 1.69. The second kappa shape index (κ2) is 5.65. The largest absolute Gasteiger partial charge is 0.376 e. The van der Waals surface area contributed by atoms with Crippen molar-refractivity contribution in [1.29, 1.82) is 0 Å². The maximum Gasteiger partial charge on any atom is 0.0717 e. The molecule has 1 saturated carbocycles. The lowest BCUT2D eigenvalue weighted by molar-refractivity contribution is 0.0770. The zero-order valence-corrected chi connectivity index (χ0v) is 10.9. The predicted molar refractivity (Wildman–Crippen MR) is 70.9 cm³/mol. The first kappa shape index (κ1) is 12.6. The van der Waals surface area contributed by atoms with E-state index in [1.165, 1.54) is 18.4 Å². The van der Waals surface area contributed by atoms with Gasteiger partial charge >= 0.3 is 0 Å². The quantitative estimate of drug-likeness (QED) is 0.781. The zero-order valence-electron chi connectivity index (χ0n) is 10.9. The van der Waals surface area contributed by atoms with Crippen LogP contribution in [-0.4, -0.2) is 19.2 Å². The third-order valence-electron chi connectivity index (χ3n) is 3.36. The molecule has 1 aliphatic carbocycles. The lowest BCUT2D eigenvalue weighted by atomic mass is 10.1. The molecule has 0 amide bonds. The van der Waals surface area contributed by atoms with E-state index < -0.39 is 0 Å². The first-order valence-corrected chi connectivity index (χ1v) is 6.55. The van der Waals surface area contributed by atoms with Gasteiger partial charge in [0.05, 0.1) is 13.2 Å². The molecule has 1 aliphatic rings. The molecule has 0 saturated heterocycles. The fourth-order valence-electron chi connectivity index (χ4n) is 1.93. The van der Waals surface area contributed by atoms with Crippen molar-refractivity contribution in [3.05, 3.63) is 35.9 Å². The SMILES string of the molecule is CC(C)NCC1(COCc2ccccc2)CC1. The van der Waals surface area contributed by atoms with Gasteiger partial charge in [-0.1, -0.05) is 44.2 Å². The monoisotopic (exact) mass is 233 g/mol. The van der Waals surface area contributed by atoms with Crippen LogP contribution in [0.5, 0.6) is 0 Å². The van der Waals surface area contributed by atoms with Gasteiger partial charge in [0.1, 0.15) is 0 Å². The van der Waals surface area contributed by atoms with Gasteiger partial charge in [0.25, 0.3) is 0 Å². The summed E-state index contributed by atoms with van der Waals surface area (Å²) < 4.78 is 5.84. The second-order valence-electron chi connectivity index (χ2n) is 5.51. The molecular formula is C15H23NO. The number of rotatable bonds is 7. The maximum absolute atomic E-state index is 5.84. The predicted octanol–water partition coefficient (Wildman–Crippen LogP) is 2.98. The van der Waals surface area contributed by atoms with Crippen molar-refractivity contribution in [3.63, 3.8) is 0 Å². The molecule has 1 fully saturated rings. The van der Waals surface area contributed by atoms with Gasteiger partial charge in [0.2, 0.25) is 0 Å². The van der Waals surface area contributed by atoms with Gasteiger partial charge in [0, 0.05) is 18.0 Å². The fraction of sp³-hybridized carbons (Fsp3) is 0.600. The molecule has 0 aliphatic heterocycles. The summed E-state index contributed by atoms with van der Waals surface area (Å²) >= 11 is 0. The van der Waals surface area contributed by atoms with E-state index in [1.807, 2.05) is 6.07 Å². The first-order valence-electron chi connectivity index (χ1n) is 6.55. The summed E-state index contributed by atoms with van der Waals surface area (Å²) in [6.07, 6.45) is 2.61. The highest BCUT2D eigenvalue weighted by molar-refractivity contribution is 5.13. The topological polar surface area (TPSA) is 21.3 Å². The normalized spacial score (nSPS) is 17.4. The summed E-state index contributed by atoms with van der Waals surface area (Å²) in [4.78, 5) is 0. The minimum atomic E-state index is 0.430.